The number of aromatic nitrogens is 1. The number of hydrogen-bond donors (Lipinski definition) is 1. The second kappa shape index (κ2) is 13.3. The lowest BCUT2D eigenvalue weighted by Crippen LogP contribution is -2.02. The zero-order chi connectivity index (χ0) is 24.3. The number of halogens is 2. The van der Waals surface area contributed by atoms with Crippen LogP contribution in [0.2, 0.25) is 10.0 Å². The van der Waals surface area contributed by atoms with Gasteiger partial charge in [-0.25, -0.2) is 9.78 Å². The number of methoxy groups -OCH3 is 1. The number of thioether (sulfide) groups is 1. The number of unbranched alkanes of at least 4 members (excludes halogenated alkanes) is 1. The molecule has 2 aromatic carbocycles. The van der Waals surface area contributed by atoms with Crippen molar-refractivity contribution in [3.8, 4) is 11.5 Å². The Hall–Kier alpha value is -2.67. The van der Waals surface area contributed by atoms with Gasteiger partial charge in [0, 0.05) is 21.7 Å². The largest absolute Gasteiger partial charge is 0.497 e. The molecule has 0 aliphatic carbocycles. The second-order valence-electron chi connectivity index (χ2n) is 7.37. The highest BCUT2D eigenvalue weighted by atomic mass is 35.5. The van der Waals surface area contributed by atoms with Gasteiger partial charge < -0.3 is 14.6 Å². The molecule has 0 fully saturated rings. The monoisotopic (exact) mass is 517 g/mol. The number of benzene rings is 2. The molecule has 0 amide bonds. The van der Waals surface area contributed by atoms with Crippen molar-refractivity contribution in [3.05, 3.63) is 87.7 Å². The Labute approximate surface area is 213 Å². The van der Waals surface area contributed by atoms with Gasteiger partial charge in [-0.1, -0.05) is 35.3 Å². The van der Waals surface area contributed by atoms with Gasteiger partial charge in [0.2, 0.25) is 0 Å². The van der Waals surface area contributed by atoms with Crippen LogP contribution in [-0.4, -0.2) is 29.8 Å². The van der Waals surface area contributed by atoms with E-state index in [1.165, 1.54) is 23.4 Å². The molecule has 3 aromatic rings. The smallest absolute Gasteiger partial charge is 0.328 e. The first-order chi connectivity index (χ1) is 16.4. The van der Waals surface area contributed by atoms with Crippen LogP contribution >= 0.6 is 35.0 Å². The molecule has 0 aliphatic heterocycles. The molecule has 1 aromatic heterocycles. The molecule has 0 unspecified atom stereocenters. The number of carbonyl (C=O) groups is 1. The Kier molecular flexibility index (Phi) is 10.1. The van der Waals surface area contributed by atoms with Crippen LogP contribution < -0.4 is 9.47 Å². The number of nitrogens with zero attached hydrogens (tertiary/aromatic N) is 1. The van der Waals surface area contributed by atoms with Crippen molar-refractivity contribution in [2.45, 2.75) is 29.9 Å². The van der Waals surface area contributed by atoms with E-state index in [1.807, 2.05) is 30.3 Å². The predicted octanol–water partition coefficient (Wildman–Crippen LogP) is 7.19. The zero-order valence-corrected chi connectivity index (χ0v) is 21.0. The van der Waals surface area contributed by atoms with Crippen molar-refractivity contribution >= 4 is 47.0 Å². The highest BCUT2D eigenvalue weighted by Crippen LogP contribution is 2.32. The van der Waals surface area contributed by atoms with Gasteiger partial charge in [-0.3, -0.25) is 0 Å². The first-order valence-electron chi connectivity index (χ1n) is 10.7. The zero-order valence-electron chi connectivity index (χ0n) is 18.7. The van der Waals surface area contributed by atoms with Gasteiger partial charge in [-0.05, 0) is 73.4 Å². The van der Waals surface area contributed by atoms with Gasteiger partial charge in [-0.15, -0.1) is 11.8 Å². The molecule has 0 saturated heterocycles. The van der Waals surface area contributed by atoms with Crippen LogP contribution in [0.4, 0.5) is 0 Å². The predicted molar refractivity (Wildman–Crippen MR) is 138 cm³/mol. The molecule has 0 aliphatic rings. The number of carboxylic acids is 1. The van der Waals surface area contributed by atoms with Crippen LogP contribution in [0, 0.1) is 0 Å². The lowest BCUT2D eigenvalue weighted by molar-refractivity contribution is -0.131. The van der Waals surface area contributed by atoms with Crippen molar-refractivity contribution in [2.75, 3.05) is 13.7 Å². The Balaban J connectivity index is 1.57. The van der Waals surface area contributed by atoms with Gasteiger partial charge >= 0.3 is 5.97 Å². The normalized spacial score (nSPS) is 11.0. The number of hydrogen-bond acceptors (Lipinski definition) is 5. The van der Waals surface area contributed by atoms with Crippen LogP contribution in [-0.2, 0) is 17.0 Å². The van der Waals surface area contributed by atoms with Crippen molar-refractivity contribution in [1.82, 2.24) is 4.98 Å². The molecule has 3 rings (SSSR count). The number of pyridine rings is 1. The van der Waals surface area contributed by atoms with Crippen LogP contribution in [0.25, 0.3) is 6.08 Å². The van der Waals surface area contributed by atoms with Crippen LogP contribution in [0.15, 0.2) is 65.6 Å². The molecule has 1 N–H and O–H groups in total. The summed E-state index contributed by atoms with van der Waals surface area (Å²) in [7, 11) is 1.65. The SMILES string of the molecule is COc1ccc(CCCCOc2ccc(CSc3ccc(Cl)cc3Cl)nc2/C=C/C(=O)O)cc1. The number of carboxylic acid groups (broad SMARTS) is 1. The first kappa shape index (κ1) is 25.9. The molecule has 0 spiro atoms. The standard InChI is InChI=1S/C26H25Cl2NO4S/c1-32-21-9-5-18(6-10-21)4-2-3-15-33-24-12-8-20(29-23(24)11-14-26(30)31)17-34-25-13-7-19(27)16-22(25)28/h5-14,16H,2-4,15,17H2,1H3,(H,30,31)/b14-11+. The minimum atomic E-state index is -1.04. The summed E-state index contributed by atoms with van der Waals surface area (Å²) in [4.78, 5) is 16.5. The summed E-state index contributed by atoms with van der Waals surface area (Å²) in [5.41, 5.74) is 2.51. The summed E-state index contributed by atoms with van der Waals surface area (Å²) in [5, 5.41) is 10.2. The van der Waals surface area contributed by atoms with E-state index in [1.54, 1.807) is 19.2 Å². The van der Waals surface area contributed by atoms with Gasteiger partial charge in [0.05, 0.1) is 24.4 Å². The molecule has 0 atom stereocenters. The van der Waals surface area contributed by atoms with E-state index in [4.69, 9.17) is 37.8 Å². The fourth-order valence-electron chi connectivity index (χ4n) is 3.13. The topological polar surface area (TPSA) is 68.7 Å². The quantitative estimate of drug-likeness (QED) is 0.156. The lowest BCUT2D eigenvalue weighted by atomic mass is 10.1. The lowest BCUT2D eigenvalue weighted by Gasteiger charge is -2.11. The summed E-state index contributed by atoms with van der Waals surface area (Å²) in [6.07, 6.45) is 5.29. The Morgan fingerprint density at radius 1 is 1.09 bits per heavy atom. The van der Waals surface area contributed by atoms with Crippen molar-refractivity contribution in [1.29, 1.82) is 0 Å². The molecule has 1 heterocycles. The first-order valence-corrected chi connectivity index (χ1v) is 12.4. The maximum atomic E-state index is 11.0. The van der Waals surface area contributed by atoms with Crippen LogP contribution in [0.3, 0.4) is 0 Å². The Morgan fingerprint density at radius 3 is 2.59 bits per heavy atom. The molecule has 0 radical (unpaired) electrons. The molecule has 0 saturated carbocycles. The minimum Gasteiger partial charge on any atom is -0.497 e. The van der Waals surface area contributed by atoms with Gasteiger partial charge in [0.15, 0.2) is 0 Å². The van der Waals surface area contributed by atoms with E-state index in [9.17, 15) is 4.79 Å². The van der Waals surface area contributed by atoms with Gasteiger partial charge in [0.25, 0.3) is 0 Å². The summed E-state index contributed by atoms with van der Waals surface area (Å²) in [6.45, 7) is 0.514. The third-order valence-electron chi connectivity index (χ3n) is 4.87. The van der Waals surface area contributed by atoms with Gasteiger partial charge in [-0.2, -0.15) is 0 Å². The molecule has 8 heteroatoms. The molecule has 5 nitrogen and oxygen atoms in total. The van der Waals surface area contributed by atoms with Crippen molar-refractivity contribution < 1.29 is 19.4 Å². The van der Waals surface area contributed by atoms with E-state index in [0.29, 0.717) is 33.8 Å². The fraction of sp³-hybridized carbons (Fsp3) is 0.231. The van der Waals surface area contributed by atoms with E-state index < -0.39 is 5.97 Å². The van der Waals surface area contributed by atoms with Crippen LogP contribution in [0.1, 0.15) is 29.8 Å². The van der Waals surface area contributed by atoms with E-state index in [-0.39, 0.29) is 0 Å². The highest BCUT2D eigenvalue weighted by molar-refractivity contribution is 7.98. The Bertz CT molecular complexity index is 1140. The molecule has 0 bridgehead atoms. The average Bonchev–Trinajstić information content (AvgIpc) is 2.83. The van der Waals surface area contributed by atoms with E-state index in [2.05, 4.69) is 17.1 Å². The second-order valence-corrected chi connectivity index (χ2v) is 9.24. The summed E-state index contributed by atoms with van der Waals surface area (Å²) in [6, 6.07) is 17.1. The maximum absolute atomic E-state index is 11.0. The highest BCUT2D eigenvalue weighted by Gasteiger charge is 2.08. The van der Waals surface area contributed by atoms with Gasteiger partial charge in [0.1, 0.15) is 17.2 Å². The number of ether oxygens (including phenoxy) is 2. The van der Waals surface area contributed by atoms with E-state index >= 15 is 0 Å². The average molecular weight is 518 g/mol. The molecular formula is C26H25Cl2NO4S. The summed E-state index contributed by atoms with van der Waals surface area (Å²) in [5.74, 6) is 0.928. The number of aliphatic carboxylic acids is 1. The summed E-state index contributed by atoms with van der Waals surface area (Å²) < 4.78 is 11.1. The number of rotatable bonds is 12. The summed E-state index contributed by atoms with van der Waals surface area (Å²) >= 11 is 13.7. The Morgan fingerprint density at radius 2 is 1.88 bits per heavy atom. The third-order valence-corrected chi connectivity index (χ3v) is 6.64. The van der Waals surface area contributed by atoms with Crippen molar-refractivity contribution in [3.63, 3.8) is 0 Å². The fourth-order valence-corrected chi connectivity index (χ4v) is 4.52. The molecule has 34 heavy (non-hydrogen) atoms. The maximum Gasteiger partial charge on any atom is 0.328 e. The molecule has 178 valence electrons. The number of aryl methyl sites for hydroxylation is 1. The van der Waals surface area contributed by atoms with Crippen LogP contribution in [0.5, 0.6) is 11.5 Å². The third kappa shape index (κ3) is 8.28. The minimum absolute atomic E-state index is 0.484. The van der Waals surface area contributed by atoms with E-state index in [0.717, 1.165) is 41.7 Å². The molecular weight excluding hydrogens is 493 g/mol. The van der Waals surface area contributed by atoms with Crippen molar-refractivity contribution in [2.24, 2.45) is 0 Å².